The molecule has 0 aromatic rings. The molecule has 16 heavy (non-hydrogen) atoms. The minimum Gasteiger partial charge on any atom is -0.337 e. The molecule has 0 radical (unpaired) electrons. The Labute approximate surface area is 98.7 Å². The SMILES string of the molecule is C=C(C)C(=O)N1CCC(CC(C)C)C(N)C1. The van der Waals surface area contributed by atoms with Gasteiger partial charge in [0.05, 0.1) is 0 Å². The summed E-state index contributed by atoms with van der Waals surface area (Å²) in [5.74, 6) is 1.30. The van der Waals surface area contributed by atoms with E-state index in [1.54, 1.807) is 6.92 Å². The average Bonchev–Trinajstić information content (AvgIpc) is 2.19. The Kier molecular flexibility index (Phi) is 4.54. The van der Waals surface area contributed by atoms with E-state index in [9.17, 15) is 4.79 Å². The van der Waals surface area contributed by atoms with Crippen molar-refractivity contribution in [2.75, 3.05) is 13.1 Å². The maximum atomic E-state index is 11.7. The van der Waals surface area contributed by atoms with Crippen molar-refractivity contribution in [3.05, 3.63) is 12.2 Å². The summed E-state index contributed by atoms with van der Waals surface area (Å²) >= 11 is 0. The van der Waals surface area contributed by atoms with E-state index in [0.717, 1.165) is 19.4 Å². The number of hydrogen-bond acceptors (Lipinski definition) is 2. The third-order valence-electron chi connectivity index (χ3n) is 3.23. The van der Waals surface area contributed by atoms with E-state index in [1.807, 2.05) is 4.90 Å². The van der Waals surface area contributed by atoms with E-state index in [-0.39, 0.29) is 11.9 Å². The van der Waals surface area contributed by atoms with Crippen LogP contribution in [0.5, 0.6) is 0 Å². The number of rotatable bonds is 3. The lowest BCUT2D eigenvalue weighted by molar-refractivity contribution is -0.128. The van der Waals surface area contributed by atoms with Gasteiger partial charge in [-0.1, -0.05) is 20.4 Å². The van der Waals surface area contributed by atoms with Gasteiger partial charge in [-0.15, -0.1) is 0 Å². The summed E-state index contributed by atoms with van der Waals surface area (Å²) in [5.41, 5.74) is 6.74. The van der Waals surface area contributed by atoms with E-state index < -0.39 is 0 Å². The number of nitrogens with two attached hydrogens (primary N) is 1. The first kappa shape index (κ1) is 13.2. The molecule has 3 heteroatoms. The lowest BCUT2D eigenvalue weighted by atomic mass is 9.85. The third-order valence-corrected chi connectivity index (χ3v) is 3.23. The number of carbonyl (C=O) groups is 1. The summed E-state index contributed by atoms with van der Waals surface area (Å²) in [6.45, 7) is 11.4. The van der Waals surface area contributed by atoms with Gasteiger partial charge in [0.15, 0.2) is 0 Å². The number of carbonyl (C=O) groups excluding carboxylic acids is 1. The molecule has 0 aliphatic carbocycles. The first-order chi connectivity index (χ1) is 7.41. The van der Waals surface area contributed by atoms with Crippen LogP contribution in [0.3, 0.4) is 0 Å². The summed E-state index contributed by atoms with van der Waals surface area (Å²) < 4.78 is 0. The normalized spacial score (nSPS) is 25.9. The Balaban J connectivity index is 2.51. The van der Waals surface area contributed by atoms with Crippen molar-refractivity contribution in [2.24, 2.45) is 17.6 Å². The fourth-order valence-electron chi connectivity index (χ4n) is 2.38. The second-order valence-corrected chi connectivity index (χ2v) is 5.37. The van der Waals surface area contributed by atoms with Gasteiger partial charge in [0.25, 0.3) is 0 Å². The Bertz CT molecular complexity index is 273. The Morgan fingerprint density at radius 2 is 2.19 bits per heavy atom. The van der Waals surface area contributed by atoms with Crippen LogP contribution >= 0.6 is 0 Å². The Morgan fingerprint density at radius 3 is 2.62 bits per heavy atom. The number of amides is 1. The molecule has 1 aliphatic heterocycles. The first-order valence-corrected chi connectivity index (χ1v) is 6.12. The smallest absolute Gasteiger partial charge is 0.248 e. The van der Waals surface area contributed by atoms with Gasteiger partial charge in [0, 0.05) is 24.7 Å². The van der Waals surface area contributed by atoms with Gasteiger partial charge in [-0.25, -0.2) is 0 Å². The van der Waals surface area contributed by atoms with Gasteiger partial charge in [-0.2, -0.15) is 0 Å². The van der Waals surface area contributed by atoms with Gasteiger partial charge in [-0.05, 0) is 31.6 Å². The molecule has 2 atom stereocenters. The Morgan fingerprint density at radius 1 is 1.56 bits per heavy atom. The zero-order chi connectivity index (χ0) is 12.3. The molecule has 3 nitrogen and oxygen atoms in total. The van der Waals surface area contributed by atoms with Gasteiger partial charge in [-0.3, -0.25) is 4.79 Å². The highest BCUT2D eigenvalue weighted by Gasteiger charge is 2.29. The molecule has 1 amide bonds. The molecule has 2 unspecified atom stereocenters. The number of piperidine rings is 1. The van der Waals surface area contributed by atoms with Gasteiger partial charge in [0.1, 0.15) is 0 Å². The van der Waals surface area contributed by atoms with Crippen molar-refractivity contribution in [3.8, 4) is 0 Å². The van der Waals surface area contributed by atoms with Crippen LogP contribution in [0.25, 0.3) is 0 Å². The summed E-state index contributed by atoms with van der Waals surface area (Å²) in [6.07, 6.45) is 2.19. The predicted molar refractivity (Wildman–Crippen MR) is 66.9 cm³/mol. The van der Waals surface area contributed by atoms with Crippen LogP contribution in [0.2, 0.25) is 0 Å². The molecule has 1 saturated heterocycles. The maximum Gasteiger partial charge on any atom is 0.248 e. The molecule has 1 rings (SSSR count). The van der Waals surface area contributed by atoms with E-state index in [2.05, 4.69) is 20.4 Å². The second kappa shape index (κ2) is 5.48. The van der Waals surface area contributed by atoms with Crippen LogP contribution in [0.1, 0.15) is 33.6 Å². The van der Waals surface area contributed by atoms with E-state index in [1.165, 1.54) is 0 Å². The molecule has 92 valence electrons. The summed E-state index contributed by atoms with van der Waals surface area (Å²) in [4.78, 5) is 13.6. The zero-order valence-electron chi connectivity index (χ0n) is 10.7. The van der Waals surface area contributed by atoms with Crippen LogP contribution < -0.4 is 5.73 Å². The minimum atomic E-state index is 0.0541. The van der Waals surface area contributed by atoms with Crippen LogP contribution in [0.4, 0.5) is 0 Å². The summed E-state index contributed by atoms with van der Waals surface area (Å²) in [5, 5.41) is 0. The standard InChI is InChI=1S/C13H24N2O/c1-9(2)7-11-5-6-15(8-12(11)14)13(16)10(3)4/h9,11-12H,3,5-8,14H2,1-2,4H3. The third kappa shape index (κ3) is 3.34. The highest BCUT2D eigenvalue weighted by atomic mass is 16.2. The topological polar surface area (TPSA) is 46.3 Å². The van der Waals surface area contributed by atoms with Crippen LogP contribution in [-0.4, -0.2) is 29.9 Å². The molecule has 1 heterocycles. The number of hydrogen-bond donors (Lipinski definition) is 1. The van der Waals surface area contributed by atoms with Crippen molar-refractivity contribution in [3.63, 3.8) is 0 Å². The van der Waals surface area contributed by atoms with Crippen LogP contribution in [-0.2, 0) is 4.79 Å². The number of likely N-dealkylation sites (tertiary alicyclic amines) is 1. The van der Waals surface area contributed by atoms with Crippen molar-refractivity contribution in [1.82, 2.24) is 4.90 Å². The lowest BCUT2D eigenvalue weighted by Crippen LogP contribution is -2.50. The number of nitrogens with zero attached hydrogens (tertiary/aromatic N) is 1. The molecule has 1 fully saturated rings. The lowest BCUT2D eigenvalue weighted by Gasteiger charge is -2.37. The van der Waals surface area contributed by atoms with Gasteiger partial charge in [0.2, 0.25) is 5.91 Å². The second-order valence-electron chi connectivity index (χ2n) is 5.37. The van der Waals surface area contributed by atoms with Crippen molar-refractivity contribution < 1.29 is 4.79 Å². The average molecular weight is 224 g/mol. The highest BCUT2D eigenvalue weighted by molar-refractivity contribution is 5.92. The monoisotopic (exact) mass is 224 g/mol. The molecule has 0 saturated carbocycles. The largest absolute Gasteiger partial charge is 0.337 e. The maximum absolute atomic E-state index is 11.7. The molecule has 2 N–H and O–H groups in total. The fourth-order valence-corrected chi connectivity index (χ4v) is 2.38. The molecule has 0 bridgehead atoms. The van der Waals surface area contributed by atoms with Crippen molar-refractivity contribution in [1.29, 1.82) is 0 Å². The molecular formula is C13H24N2O. The summed E-state index contributed by atoms with van der Waals surface area (Å²) in [7, 11) is 0. The highest BCUT2D eigenvalue weighted by Crippen LogP contribution is 2.24. The zero-order valence-corrected chi connectivity index (χ0v) is 10.7. The van der Waals surface area contributed by atoms with Crippen LogP contribution in [0.15, 0.2) is 12.2 Å². The summed E-state index contributed by atoms with van der Waals surface area (Å²) in [6, 6.07) is 0.124. The molecule has 0 aromatic heterocycles. The van der Waals surface area contributed by atoms with Crippen molar-refractivity contribution >= 4 is 5.91 Å². The minimum absolute atomic E-state index is 0.0541. The van der Waals surface area contributed by atoms with Gasteiger partial charge < -0.3 is 10.6 Å². The molecule has 1 aliphatic rings. The van der Waals surface area contributed by atoms with E-state index in [0.29, 0.717) is 24.0 Å². The molecular weight excluding hydrogens is 200 g/mol. The van der Waals surface area contributed by atoms with E-state index >= 15 is 0 Å². The van der Waals surface area contributed by atoms with E-state index in [4.69, 9.17) is 5.73 Å². The molecule has 0 aromatic carbocycles. The Hall–Kier alpha value is -0.830. The van der Waals surface area contributed by atoms with Gasteiger partial charge >= 0.3 is 0 Å². The quantitative estimate of drug-likeness (QED) is 0.743. The fraction of sp³-hybridized carbons (Fsp3) is 0.769. The molecule has 0 spiro atoms. The first-order valence-electron chi connectivity index (χ1n) is 6.12. The van der Waals surface area contributed by atoms with Crippen LogP contribution in [0, 0.1) is 11.8 Å². The predicted octanol–water partition coefficient (Wildman–Crippen LogP) is 1.78. The van der Waals surface area contributed by atoms with Crippen molar-refractivity contribution in [2.45, 2.75) is 39.7 Å².